The van der Waals surface area contributed by atoms with Gasteiger partial charge in [-0.05, 0) is 36.4 Å². The van der Waals surface area contributed by atoms with E-state index in [9.17, 15) is 18.0 Å². The largest absolute Gasteiger partial charge is 0.289 e. The average molecular weight is 271 g/mol. The van der Waals surface area contributed by atoms with Crippen molar-refractivity contribution < 1.29 is 18.0 Å². The number of benzene rings is 2. The monoisotopic (exact) mass is 270 g/mol. The molecule has 2 rings (SSSR count). The maximum absolute atomic E-state index is 13.0. The van der Waals surface area contributed by atoms with Crippen molar-refractivity contribution in [3.8, 4) is 0 Å². The van der Waals surface area contributed by atoms with Crippen LogP contribution in [0.25, 0.3) is 0 Å². The highest BCUT2D eigenvalue weighted by Gasteiger charge is 2.16. The third-order valence-electron chi connectivity index (χ3n) is 2.35. The van der Waals surface area contributed by atoms with E-state index in [4.69, 9.17) is 11.6 Å². The predicted molar refractivity (Wildman–Crippen MR) is 61.2 cm³/mol. The minimum absolute atomic E-state index is 0.213. The first-order valence-corrected chi connectivity index (χ1v) is 5.31. The normalized spacial score (nSPS) is 10.4. The minimum atomic E-state index is -1.59. The zero-order valence-corrected chi connectivity index (χ0v) is 9.64. The average Bonchev–Trinajstić information content (AvgIpc) is 2.35. The van der Waals surface area contributed by atoms with Crippen LogP contribution in [-0.4, -0.2) is 5.78 Å². The van der Waals surface area contributed by atoms with Crippen LogP contribution < -0.4 is 0 Å². The third kappa shape index (κ3) is 2.38. The number of halogens is 4. The highest BCUT2D eigenvalue weighted by molar-refractivity contribution is 6.30. The van der Waals surface area contributed by atoms with Gasteiger partial charge in [-0.15, -0.1) is 0 Å². The highest BCUT2D eigenvalue weighted by atomic mass is 35.5. The lowest BCUT2D eigenvalue weighted by Gasteiger charge is -2.03. The standard InChI is InChI=1S/C13H6ClF3O/c14-9-3-1-7(2-4-9)13(18)8-5-10(15)12(17)11(16)6-8/h1-6H. The lowest BCUT2D eigenvalue weighted by atomic mass is 10.0. The number of carbonyl (C=O) groups excluding carboxylic acids is 1. The van der Waals surface area contributed by atoms with E-state index in [1.807, 2.05) is 0 Å². The summed E-state index contributed by atoms with van der Waals surface area (Å²) >= 11 is 5.65. The van der Waals surface area contributed by atoms with E-state index in [1.54, 1.807) is 0 Å². The van der Waals surface area contributed by atoms with Crippen molar-refractivity contribution in [2.24, 2.45) is 0 Å². The van der Waals surface area contributed by atoms with Crippen molar-refractivity contribution in [2.75, 3.05) is 0 Å². The summed E-state index contributed by atoms with van der Waals surface area (Å²) in [7, 11) is 0. The van der Waals surface area contributed by atoms with Gasteiger partial charge in [-0.2, -0.15) is 0 Å². The zero-order chi connectivity index (χ0) is 13.3. The summed E-state index contributed by atoms with van der Waals surface area (Å²) in [6.07, 6.45) is 0. The Morgan fingerprint density at radius 1 is 0.889 bits per heavy atom. The van der Waals surface area contributed by atoms with Gasteiger partial charge in [0.05, 0.1) is 0 Å². The quantitative estimate of drug-likeness (QED) is 0.596. The Balaban J connectivity index is 2.43. The van der Waals surface area contributed by atoms with Crippen LogP contribution in [-0.2, 0) is 0 Å². The summed E-state index contributed by atoms with van der Waals surface area (Å²) in [5.41, 5.74) is -0.0430. The van der Waals surface area contributed by atoms with E-state index >= 15 is 0 Å². The molecule has 0 unspecified atom stereocenters. The van der Waals surface area contributed by atoms with Crippen LogP contribution in [0.5, 0.6) is 0 Å². The van der Waals surface area contributed by atoms with Crippen LogP contribution in [0.1, 0.15) is 15.9 Å². The molecule has 0 fully saturated rings. The molecule has 0 bridgehead atoms. The first kappa shape index (κ1) is 12.6. The molecule has 0 radical (unpaired) electrons. The molecule has 0 atom stereocenters. The van der Waals surface area contributed by atoms with E-state index in [0.29, 0.717) is 17.2 Å². The lowest BCUT2D eigenvalue weighted by Crippen LogP contribution is -2.04. The van der Waals surface area contributed by atoms with Gasteiger partial charge < -0.3 is 0 Å². The molecule has 2 aromatic carbocycles. The molecule has 0 heterocycles. The summed E-state index contributed by atoms with van der Waals surface area (Å²) in [6.45, 7) is 0. The molecular formula is C13H6ClF3O. The molecule has 0 spiro atoms. The molecule has 0 aliphatic heterocycles. The Morgan fingerprint density at radius 3 is 1.89 bits per heavy atom. The predicted octanol–water partition coefficient (Wildman–Crippen LogP) is 3.99. The van der Waals surface area contributed by atoms with Crippen molar-refractivity contribution in [3.05, 3.63) is 70.0 Å². The van der Waals surface area contributed by atoms with Crippen LogP contribution in [0.15, 0.2) is 36.4 Å². The van der Waals surface area contributed by atoms with Gasteiger partial charge in [-0.3, -0.25) is 4.79 Å². The fourth-order valence-corrected chi connectivity index (χ4v) is 1.58. The van der Waals surface area contributed by atoms with Crippen LogP contribution in [0.3, 0.4) is 0 Å². The molecule has 0 aliphatic rings. The van der Waals surface area contributed by atoms with Crippen molar-refractivity contribution in [3.63, 3.8) is 0 Å². The maximum Gasteiger partial charge on any atom is 0.194 e. The molecule has 0 saturated carbocycles. The summed E-state index contributed by atoms with van der Waals surface area (Å²) in [4.78, 5) is 11.9. The topological polar surface area (TPSA) is 17.1 Å². The van der Waals surface area contributed by atoms with Crippen LogP contribution in [0.2, 0.25) is 5.02 Å². The maximum atomic E-state index is 13.0. The number of hydrogen-bond acceptors (Lipinski definition) is 1. The lowest BCUT2D eigenvalue weighted by molar-refractivity contribution is 0.103. The van der Waals surface area contributed by atoms with Crippen LogP contribution in [0, 0.1) is 17.5 Å². The molecule has 1 nitrogen and oxygen atoms in total. The Kier molecular flexibility index (Phi) is 3.39. The summed E-state index contributed by atoms with van der Waals surface area (Å²) in [5, 5.41) is 0.433. The van der Waals surface area contributed by atoms with Crippen molar-refractivity contribution >= 4 is 17.4 Å². The van der Waals surface area contributed by atoms with Gasteiger partial charge in [0.15, 0.2) is 23.2 Å². The fraction of sp³-hybridized carbons (Fsp3) is 0. The van der Waals surface area contributed by atoms with Gasteiger partial charge in [0.2, 0.25) is 0 Å². The second kappa shape index (κ2) is 4.82. The van der Waals surface area contributed by atoms with E-state index in [1.165, 1.54) is 24.3 Å². The molecule has 0 N–H and O–H groups in total. The van der Waals surface area contributed by atoms with Gasteiger partial charge in [-0.1, -0.05) is 11.6 Å². The van der Waals surface area contributed by atoms with Gasteiger partial charge >= 0.3 is 0 Å². The Bertz CT molecular complexity index is 585. The van der Waals surface area contributed by atoms with E-state index in [0.717, 1.165) is 0 Å². The SMILES string of the molecule is O=C(c1ccc(Cl)cc1)c1cc(F)c(F)c(F)c1. The van der Waals surface area contributed by atoms with Crippen molar-refractivity contribution in [1.82, 2.24) is 0 Å². The third-order valence-corrected chi connectivity index (χ3v) is 2.60. The number of carbonyl (C=O) groups is 1. The first-order chi connectivity index (χ1) is 8.49. The highest BCUT2D eigenvalue weighted by Crippen LogP contribution is 2.18. The number of hydrogen-bond donors (Lipinski definition) is 0. The molecule has 0 aromatic heterocycles. The molecule has 0 amide bonds. The number of ketones is 1. The van der Waals surface area contributed by atoms with Gasteiger partial charge in [0.25, 0.3) is 0 Å². The van der Waals surface area contributed by atoms with Crippen molar-refractivity contribution in [2.45, 2.75) is 0 Å². The summed E-state index contributed by atoms with van der Waals surface area (Å²) in [5.74, 6) is -4.99. The smallest absolute Gasteiger partial charge is 0.194 e. The second-order valence-electron chi connectivity index (χ2n) is 3.59. The molecule has 18 heavy (non-hydrogen) atoms. The minimum Gasteiger partial charge on any atom is -0.289 e. The van der Waals surface area contributed by atoms with Gasteiger partial charge in [0, 0.05) is 16.1 Å². The first-order valence-electron chi connectivity index (χ1n) is 4.94. The Hall–Kier alpha value is -1.81. The van der Waals surface area contributed by atoms with Gasteiger partial charge in [-0.25, -0.2) is 13.2 Å². The second-order valence-corrected chi connectivity index (χ2v) is 4.03. The fourth-order valence-electron chi connectivity index (χ4n) is 1.45. The molecular weight excluding hydrogens is 265 g/mol. The number of rotatable bonds is 2. The molecule has 0 saturated heterocycles. The summed E-state index contributed by atoms with van der Waals surface area (Å²) < 4.78 is 38.7. The Morgan fingerprint density at radius 2 is 1.39 bits per heavy atom. The molecule has 92 valence electrons. The van der Waals surface area contributed by atoms with E-state index in [2.05, 4.69) is 0 Å². The summed E-state index contributed by atoms with van der Waals surface area (Å²) in [6, 6.07) is 7.12. The molecule has 5 heteroatoms. The molecule has 2 aromatic rings. The molecule has 0 aliphatic carbocycles. The van der Waals surface area contributed by atoms with E-state index in [-0.39, 0.29) is 11.1 Å². The van der Waals surface area contributed by atoms with Crippen LogP contribution in [0.4, 0.5) is 13.2 Å². The van der Waals surface area contributed by atoms with Gasteiger partial charge in [0.1, 0.15) is 0 Å². The zero-order valence-electron chi connectivity index (χ0n) is 8.88. The Labute approximate surface area is 106 Å². The van der Waals surface area contributed by atoms with Crippen molar-refractivity contribution in [1.29, 1.82) is 0 Å². The van der Waals surface area contributed by atoms with Crippen LogP contribution >= 0.6 is 11.6 Å². The van der Waals surface area contributed by atoms with E-state index < -0.39 is 23.2 Å².